The Balaban J connectivity index is 1.30. The van der Waals surface area contributed by atoms with Crippen LogP contribution < -0.4 is 9.64 Å². The van der Waals surface area contributed by atoms with Gasteiger partial charge in [-0.25, -0.2) is 0 Å². The second-order valence-electron chi connectivity index (χ2n) is 15.4. The smallest absolute Gasteiger partial charge is 0.306 e. The summed E-state index contributed by atoms with van der Waals surface area (Å²) in [6.07, 6.45) is 8.16. The zero-order valence-corrected chi connectivity index (χ0v) is 28.1. The van der Waals surface area contributed by atoms with E-state index >= 15 is 0 Å². The molecule has 0 bridgehead atoms. The van der Waals surface area contributed by atoms with Crippen molar-refractivity contribution in [3.05, 3.63) is 59.7 Å². The van der Waals surface area contributed by atoms with Gasteiger partial charge >= 0.3 is 5.97 Å². The van der Waals surface area contributed by atoms with Crippen molar-refractivity contribution in [2.24, 2.45) is 11.3 Å². The molecule has 3 aliphatic rings. The average Bonchev–Trinajstić information content (AvgIpc) is 3.54. The van der Waals surface area contributed by atoms with E-state index in [1.807, 2.05) is 37.8 Å². The van der Waals surface area contributed by atoms with Crippen molar-refractivity contribution in [2.45, 2.75) is 116 Å². The molecule has 0 aromatic heterocycles. The number of anilines is 1. The monoisotopic (exact) mass is 618 g/mol. The fourth-order valence-corrected chi connectivity index (χ4v) is 7.67. The number of carboxylic acids is 1. The number of carbonyl (C=O) groups is 2. The molecule has 5 rings (SSSR count). The molecule has 0 radical (unpaired) electrons. The highest BCUT2D eigenvalue weighted by molar-refractivity contribution is 5.81. The van der Waals surface area contributed by atoms with Crippen LogP contribution in [0.15, 0.2) is 48.5 Å². The lowest BCUT2D eigenvalue weighted by Gasteiger charge is -2.46. The number of carbonyl (C=O) groups excluding carboxylic acids is 1. The third kappa shape index (κ3) is 8.41. The molecule has 2 saturated heterocycles. The Kier molecular flexibility index (Phi) is 10.2. The molecule has 2 heterocycles. The lowest BCUT2D eigenvalue weighted by atomic mass is 9.67. The predicted molar refractivity (Wildman–Crippen MR) is 179 cm³/mol. The highest BCUT2D eigenvalue weighted by Crippen LogP contribution is 2.45. The largest absolute Gasteiger partial charge is 0.490 e. The first-order valence-corrected chi connectivity index (χ1v) is 17.1. The summed E-state index contributed by atoms with van der Waals surface area (Å²) in [5.74, 6) is 0.00379. The first kappa shape index (κ1) is 33.3. The van der Waals surface area contributed by atoms with Gasteiger partial charge in [-0.2, -0.15) is 0 Å². The number of benzene rings is 2. The first-order valence-electron chi connectivity index (χ1n) is 17.1. The van der Waals surface area contributed by atoms with Crippen LogP contribution in [0.4, 0.5) is 5.69 Å². The van der Waals surface area contributed by atoms with E-state index in [1.54, 1.807) is 0 Å². The molecule has 1 unspecified atom stereocenters. The van der Waals surface area contributed by atoms with E-state index in [2.05, 4.69) is 55.1 Å². The van der Waals surface area contributed by atoms with E-state index in [4.69, 9.17) is 9.47 Å². The summed E-state index contributed by atoms with van der Waals surface area (Å²) in [5, 5.41) is 9.28. The van der Waals surface area contributed by atoms with Crippen LogP contribution in [0.3, 0.4) is 0 Å². The topological polar surface area (TPSA) is 79.3 Å². The molecule has 1 atom stereocenters. The highest BCUT2D eigenvalue weighted by Gasteiger charge is 2.43. The standard InChI is InChI=1S/C38H54N2O5/c1-36(2,3)35(43)40(26-28-8-16-32(17-9-28)45-33-18-10-29(11-19-33)34(41)42)24-20-38(21-25-44-37(4,5)27-38)30-12-14-31(15-13-30)39-22-6-7-23-39/h8-9,12-17,29,33H,6-7,10-11,18-27H2,1-5H3,(H,41,42). The van der Waals surface area contributed by atoms with Crippen LogP contribution in [0.5, 0.6) is 5.75 Å². The van der Waals surface area contributed by atoms with Crippen molar-refractivity contribution in [3.8, 4) is 5.75 Å². The van der Waals surface area contributed by atoms with Gasteiger partial charge < -0.3 is 24.4 Å². The summed E-state index contributed by atoms with van der Waals surface area (Å²) in [6, 6.07) is 17.4. The number of rotatable bonds is 10. The van der Waals surface area contributed by atoms with Crippen molar-refractivity contribution in [3.63, 3.8) is 0 Å². The molecule has 45 heavy (non-hydrogen) atoms. The maximum Gasteiger partial charge on any atom is 0.306 e. The van der Waals surface area contributed by atoms with Crippen LogP contribution in [0.25, 0.3) is 0 Å². The maximum atomic E-state index is 13.8. The van der Waals surface area contributed by atoms with Gasteiger partial charge in [-0.1, -0.05) is 45.0 Å². The van der Waals surface area contributed by atoms with Gasteiger partial charge in [0.15, 0.2) is 0 Å². The Morgan fingerprint density at radius 2 is 1.62 bits per heavy atom. The SMILES string of the molecule is CC1(C)CC(CCN(Cc2ccc(OC3CCC(C(=O)O)CC3)cc2)C(=O)C(C)(C)C)(c2ccc(N3CCCC3)cc2)CCO1. The van der Waals surface area contributed by atoms with E-state index in [-0.39, 0.29) is 28.9 Å². The van der Waals surface area contributed by atoms with Crippen molar-refractivity contribution in [1.82, 2.24) is 4.90 Å². The number of ether oxygens (including phenoxy) is 2. The number of hydrogen-bond donors (Lipinski definition) is 1. The van der Waals surface area contributed by atoms with Crippen molar-refractivity contribution in [2.75, 3.05) is 31.1 Å². The zero-order chi connectivity index (χ0) is 32.2. The van der Waals surface area contributed by atoms with E-state index in [1.165, 1.54) is 24.1 Å². The van der Waals surface area contributed by atoms with Gasteiger partial charge in [0.2, 0.25) is 5.91 Å². The number of amides is 1. The molecule has 246 valence electrons. The van der Waals surface area contributed by atoms with Crippen LogP contribution in [0.2, 0.25) is 0 Å². The maximum absolute atomic E-state index is 13.8. The van der Waals surface area contributed by atoms with E-state index in [0.29, 0.717) is 32.5 Å². The normalized spacial score (nSPS) is 25.1. The molecule has 7 nitrogen and oxygen atoms in total. The third-order valence-corrected chi connectivity index (χ3v) is 10.2. The second kappa shape index (κ2) is 13.7. The summed E-state index contributed by atoms with van der Waals surface area (Å²) < 4.78 is 12.4. The van der Waals surface area contributed by atoms with Gasteiger partial charge in [-0.05, 0) is 107 Å². The van der Waals surface area contributed by atoms with Gasteiger partial charge in [0.1, 0.15) is 5.75 Å². The summed E-state index contributed by atoms with van der Waals surface area (Å²) in [5.41, 5.74) is 2.95. The summed E-state index contributed by atoms with van der Waals surface area (Å²) in [7, 11) is 0. The quantitative estimate of drug-likeness (QED) is 0.295. The van der Waals surface area contributed by atoms with Crippen LogP contribution in [-0.2, 0) is 26.3 Å². The van der Waals surface area contributed by atoms with Gasteiger partial charge in [0.05, 0.1) is 17.6 Å². The zero-order valence-electron chi connectivity index (χ0n) is 28.1. The Hall–Kier alpha value is -3.06. The molecule has 7 heteroatoms. The first-order chi connectivity index (χ1) is 21.3. The summed E-state index contributed by atoms with van der Waals surface area (Å²) in [6.45, 7) is 14.6. The van der Waals surface area contributed by atoms with E-state index in [9.17, 15) is 14.7 Å². The van der Waals surface area contributed by atoms with Gasteiger partial charge in [-0.3, -0.25) is 9.59 Å². The van der Waals surface area contributed by atoms with E-state index in [0.717, 1.165) is 56.5 Å². The minimum absolute atomic E-state index is 0.0507. The molecule has 2 aromatic rings. The Labute approximate surface area is 270 Å². The van der Waals surface area contributed by atoms with Crippen molar-refractivity contribution in [1.29, 1.82) is 0 Å². The van der Waals surface area contributed by atoms with Crippen LogP contribution in [0.1, 0.15) is 104 Å². The van der Waals surface area contributed by atoms with Crippen molar-refractivity contribution >= 4 is 17.6 Å². The predicted octanol–water partition coefficient (Wildman–Crippen LogP) is 7.60. The summed E-state index contributed by atoms with van der Waals surface area (Å²) >= 11 is 0. The lowest BCUT2D eigenvalue weighted by molar-refractivity contribution is -0.143. The van der Waals surface area contributed by atoms with Crippen molar-refractivity contribution < 1.29 is 24.2 Å². The number of hydrogen-bond acceptors (Lipinski definition) is 5. The minimum Gasteiger partial charge on any atom is -0.490 e. The molecule has 1 amide bonds. The Morgan fingerprint density at radius 3 is 2.20 bits per heavy atom. The molecule has 1 saturated carbocycles. The van der Waals surface area contributed by atoms with Gasteiger partial charge in [0, 0.05) is 49.3 Å². The Morgan fingerprint density at radius 1 is 0.978 bits per heavy atom. The van der Waals surface area contributed by atoms with E-state index < -0.39 is 11.4 Å². The number of nitrogens with zero attached hydrogens (tertiary/aromatic N) is 2. The fraction of sp³-hybridized carbons (Fsp3) is 0.632. The highest BCUT2D eigenvalue weighted by atomic mass is 16.5. The Bertz CT molecular complexity index is 1280. The van der Waals surface area contributed by atoms with Crippen LogP contribution in [0, 0.1) is 11.3 Å². The van der Waals surface area contributed by atoms with Gasteiger partial charge in [-0.15, -0.1) is 0 Å². The fourth-order valence-electron chi connectivity index (χ4n) is 7.67. The molecule has 1 aliphatic carbocycles. The minimum atomic E-state index is -0.700. The van der Waals surface area contributed by atoms with Gasteiger partial charge in [0.25, 0.3) is 0 Å². The summed E-state index contributed by atoms with van der Waals surface area (Å²) in [4.78, 5) is 29.7. The molecule has 3 fully saturated rings. The molecule has 1 N–H and O–H groups in total. The second-order valence-corrected chi connectivity index (χ2v) is 15.4. The molecular weight excluding hydrogens is 564 g/mol. The lowest BCUT2D eigenvalue weighted by Crippen LogP contribution is -2.47. The van der Waals surface area contributed by atoms with Crippen LogP contribution >= 0.6 is 0 Å². The molecular formula is C38H54N2O5. The van der Waals surface area contributed by atoms with Crippen LogP contribution in [-0.4, -0.2) is 59.8 Å². The number of aliphatic carboxylic acids is 1. The molecule has 0 spiro atoms. The molecule has 2 aromatic carbocycles. The third-order valence-electron chi connectivity index (χ3n) is 10.2. The average molecular weight is 619 g/mol. The molecule has 2 aliphatic heterocycles. The number of carboxylic acid groups (broad SMARTS) is 1.